The zero-order valence-corrected chi connectivity index (χ0v) is 12.8. The number of rotatable bonds is 5. The van der Waals surface area contributed by atoms with Crippen LogP contribution in [-0.4, -0.2) is 21.2 Å². The average Bonchev–Trinajstić information content (AvgIpc) is 2.46. The summed E-state index contributed by atoms with van der Waals surface area (Å²) in [5.41, 5.74) is 2.39. The van der Waals surface area contributed by atoms with Crippen molar-refractivity contribution in [2.45, 2.75) is 13.0 Å². The summed E-state index contributed by atoms with van der Waals surface area (Å²) in [6.45, 7) is 1.81. The van der Waals surface area contributed by atoms with E-state index < -0.39 is 10.0 Å². The Morgan fingerprint density at radius 3 is 2.52 bits per heavy atom. The van der Waals surface area contributed by atoms with Gasteiger partial charge in [0.1, 0.15) is 0 Å². The van der Waals surface area contributed by atoms with E-state index in [-0.39, 0.29) is 6.04 Å². The molecular weight excluding hydrogens is 283 g/mol. The predicted octanol–water partition coefficient (Wildman–Crippen LogP) is 0.991. The number of nitrogens with one attached hydrogen (secondary N) is 1. The molecule has 0 saturated heterocycles. The molecule has 1 atom stereocenters. The van der Waals surface area contributed by atoms with E-state index in [0.29, 0.717) is 5.69 Å². The van der Waals surface area contributed by atoms with Crippen molar-refractivity contribution in [1.29, 1.82) is 0 Å². The Hall–Kier alpha value is -1.92. The van der Waals surface area contributed by atoms with Crippen molar-refractivity contribution >= 4 is 29.5 Å². The highest BCUT2D eigenvalue weighted by Crippen LogP contribution is 2.13. The quantitative estimate of drug-likeness (QED) is 0.838. The summed E-state index contributed by atoms with van der Waals surface area (Å²) in [5, 5.41) is 1.15. The molecule has 2 rings (SSSR count). The maximum atomic E-state index is 12.0. The fourth-order valence-corrected chi connectivity index (χ4v) is 2.94. The fourth-order valence-electron chi connectivity index (χ4n) is 1.91. The number of hydrogen-bond acceptors (Lipinski definition) is 3. The standard InChI is InChI=1S/C15H17BN2O2S/c1-12(13-6-3-2-4-7-13)18-21(19,20)11-10-14-8-5-9-15(16)17-14/h2-12,18H,16H2,1H3/b11-10+/t12-/m0/s1. The molecule has 0 saturated carbocycles. The monoisotopic (exact) mass is 300 g/mol. The third-order valence-electron chi connectivity index (χ3n) is 2.97. The minimum atomic E-state index is -3.51. The summed E-state index contributed by atoms with van der Waals surface area (Å²) in [7, 11) is -1.65. The fraction of sp³-hybridized carbons (Fsp3) is 0.133. The van der Waals surface area contributed by atoms with Crippen LogP contribution in [0.5, 0.6) is 0 Å². The molecule has 108 valence electrons. The normalized spacial score (nSPS) is 13.4. The summed E-state index contributed by atoms with van der Waals surface area (Å²) in [6, 6.07) is 14.6. The van der Waals surface area contributed by atoms with Gasteiger partial charge in [0.15, 0.2) is 7.85 Å². The highest BCUT2D eigenvalue weighted by molar-refractivity contribution is 7.92. The van der Waals surface area contributed by atoms with Gasteiger partial charge in [0, 0.05) is 11.4 Å². The third-order valence-corrected chi connectivity index (χ3v) is 4.14. The van der Waals surface area contributed by atoms with Crippen LogP contribution in [0.25, 0.3) is 6.08 Å². The van der Waals surface area contributed by atoms with Crippen LogP contribution in [0.3, 0.4) is 0 Å². The first-order valence-electron chi connectivity index (χ1n) is 6.65. The van der Waals surface area contributed by atoms with Gasteiger partial charge >= 0.3 is 0 Å². The van der Waals surface area contributed by atoms with Gasteiger partial charge in [0.25, 0.3) is 0 Å². The molecule has 2 aromatic rings. The number of pyridine rings is 1. The van der Waals surface area contributed by atoms with Crippen LogP contribution in [0.2, 0.25) is 0 Å². The van der Waals surface area contributed by atoms with Crippen molar-refractivity contribution in [2.75, 3.05) is 0 Å². The molecular formula is C15H17BN2O2S. The first-order chi connectivity index (χ1) is 9.96. The van der Waals surface area contributed by atoms with E-state index in [4.69, 9.17) is 0 Å². The molecule has 1 N–H and O–H groups in total. The van der Waals surface area contributed by atoms with E-state index >= 15 is 0 Å². The van der Waals surface area contributed by atoms with Gasteiger partial charge in [-0.2, -0.15) is 0 Å². The maximum Gasteiger partial charge on any atom is 0.234 e. The highest BCUT2D eigenvalue weighted by atomic mass is 32.2. The molecule has 0 amide bonds. The average molecular weight is 300 g/mol. The van der Waals surface area contributed by atoms with Gasteiger partial charge in [-0.25, -0.2) is 13.1 Å². The number of aromatic nitrogens is 1. The Kier molecular flexibility index (Phi) is 4.93. The molecule has 1 heterocycles. The predicted molar refractivity (Wildman–Crippen MR) is 88.4 cm³/mol. The van der Waals surface area contributed by atoms with Crippen LogP contribution < -0.4 is 10.3 Å². The molecule has 1 aromatic carbocycles. The minimum absolute atomic E-state index is 0.286. The smallest absolute Gasteiger partial charge is 0.234 e. The Morgan fingerprint density at radius 1 is 1.14 bits per heavy atom. The van der Waals surface area contributed by atoms with Crippen LogP contribution in [0.4, 0.5) is 0 Å². The lowest BCUT2D eigenvalue weighted by atomic mass is 10.0. The lowest BCUT2D eigenvalue weighted by Crippen LogP contribution is -2.24. The van der Waals surface area contributed by atoms with E-state index in [0.717, 1.165) is 16.6 Å². The van der Waals surface area contributed by atoms with Crippen molar-refractivity contribution in [3.63, 3.8) is 0 Å². The van der Waals surface area contributed by atoms with Gasteiger partial charge in [-0.3, -0.25) is 4.98 Å². The molecule has 6 heteroatoms. The van der Waals surface area contributed by atoms with Crippen molar-refractivity contribution < 1.29 is 8.42 Å². The summed E-state index contributed by atoms with van der Waals surface area (Å²) in [6.07, 6.45) is 1.49. The van der Waals surface area contributed by atoms with Crippen LogP contribution in [0.15, 0.2) is 53.9 Å². The number of nitrogens with zero attached hydrogens (tertiary/aromatic N) is 1. The zero-order valence-electron chi connectivity index (χ0n) is 12.0. The van der Waals surface area contributed by atoms with Crippen LogP contribution >= 0.6 is 0 Å². The van der Waals surface area contributed by atoms with Crippen LogP contribution in [0.1, 0.15) is 24.2 Å². The van der Waals surface area contributed by atoms with E-state index in [1.165, 1.54) is 6.08 Å². The summed E-state index contributed by atoms with van der Waals surface area (Å²) < 4.78 is 26.7. The van der Waals surface area contributed by atoms with Gasteiger partial charge in [-0.05, 0) is 30.2 Å². The molecule has 0 aliphatic carbocycles. The highest BCUT2D eigenvalue weighted by Gasteiger charge is 2.12. The van der Waals surface area contributed by atoms with Gasteiger partial charge < -0.3 is 0 Å². The lowest BCUT2D eigenvalue weighted by Gasteiger charge is -2.12. The van der Waals surface area contributed by atoms with Crippen molar-refractivity contribution in [3.05, 3.63) is 65.2 Å². The Balaban J connectivity index is 2.09. The number of hydrogen-bond donors (Lipinski definition) is 1. The molecule has 0 spiro atoms. The Morgan fingerprint density at radius 2 is 1.86 bits per heavy atom. The van der Waals surface area contributed by atoms with Gasteiger partial charge in [-0.1, -0.05) is 42.5 Å². The second-order valence-corrected chi connectivity index (χ2v) is 6.40. The molecule has 0 radical (unpaired) electrons. The minimum Gasteiger partial charge on any atom is -0.264 e. The van der Waals surface area contributed by atoms with Gasteiger partial charge in [0.05, 0.1) is 5.69 Å². The largest absolute Gasteiger partial charge is 0.264 e. The Labute approximate surface area is 126 Å². The summed E-state index contributed by atoms with van der Waals surface area (Å²) >= 11 is 0. The first kappa shape index (κ1) is 15.5. The summed E-state index contributed by atoms with van der Waals surface area (Å²) in [5.74, 6) is 0. The van der Waals surface area contributed by atoms with E-state index in [2.05, 4.69) is 9.71 Å². The summed E-state index contributed by atoms with van der Waals surface area (Å²) in [4.78, 5) is 4.23. The molecule has 0 fully saturated rings. The van der Waals surface area contributed by atoms with Crippen LogP contribution in [-0.2, 0) is 10.0 Å². The van der Waals surface area contributed by atoms with E-state index in [9.17, 15) is 8.42 Å². The van der Waals surface area contributed by atoms with Crippen molar-refractivity contribution in [2.24, 2.45) is 0 Å². The SMILES string of the molecule is Bc1cccc(/C=C/S(=O)(=O)N[C@@H](C)c2ccccc2)n1. The number of sulfonamides is 1. The molecule has 0 unspecified atom stereocenters. The molecule has 0 bridgehead atoms. The first-order valence-corrected chi connectivity index (χ1v) is 8.20. The molecule has 21 heavy (non-hydrogen) atoms. The van der Waals surface area contributed by atoms with Gasteiger partial charge in [0.2, 0.25) is 10.0 Å². The second kappa shape index (κ2) is 6.69. The third kappa shape index (κ3) is 4.84. The van der Waals surface area contributed by atoms with Crippen LogP contribution in [0, 0.1) is 0 Å². The maximum absolute atomic E-state index is 12.0. The zero-order chi connectivity index (χ0) is 15.3. The Bertz CT molecular complexity index is 730. The second-order valence-electron chi connectivity index (χ2n) is 4.80. The molecule has 1 aromatic heterocycles. The molecule has 4 nitrogen and oxygen atoms in total. The van der Waals surface area contributed by atoms with Crippen molar-refractivity contribution in [1.82, 2.24) is 9.71 Å². The molecule has 0 aliphatic heterocycles. The molecule has 0 aliphatic rings. The van der Waals surface area contributed by atoms with E-state index in [1.807, 2.05) is 57.2 Å². The topological polar surface area (TPSA) is 59.1 Å². The van der Waals surface area contributed by atoms with E-state index in [1.54, 1.807) is 6.07 Å². The number of benzene rings is 1. The lowest BCUT2D eigenvalue weighted by molar-refractivity contribution is 0.576. The van der Waals surface area contributed by atoms with Crippen molar-refractivity contribution in [3.8, 4) is 0 Å². The van der Waals surface area contributed by atoms with Gasteiger partial charge in [-0.15, -0.1) is 0 Å².